The van der Waals surface area contributed by atoms with Gasteiger partial charge in [-0.2, -0.15) is 0 Å². The van der Waals surface area contributed by atoms with Crippen LogP contribution in [0.1, 0.15) is 67.8 Å². The maximum absolute atomic E-state index is 11.6. The molecule has 1 fully saturated rings. The molecule has 32 heavy (non-hydrogen) atoms. The van der Waals surface area contributed by atoms with E-state index in [1.165, 1.54) is 22.9 Å². The molecular weight excluding hydrogens is 398 g/mol. The average molecular weight is 430 g/mol. The van der Waals surface area contributed by atoms with E-state index in [1.807, 2.05) is 6.07 Å². The second kappa shape index (κ2) is 7.51. The number of rotatable bonds is 4. The Balaban J connectivity index is 1.66. The Morgan fingerprint density at radius 2 is 1.94 bits per heavy atom. The van der Waals surface area contributed by atoms with Crippen molar-refractivity contribution in [1.29, 1.82) is 0 Å². The number of carbonyl (C=O) groups is 1. The number of benzene rings is 2. The summed E-state index contributed by atoms with van der Waals surface area (Å²) >= 11 is 0. The van der Waals surface area contributed by atoms with E-state index < -0.39 is 5.97 Å². The Labute approximate surface area is 188 Å². The molecule has 5 heteroatoms. The van der Waals surface area contributed by atoms with Crippen molar-refractivity contribution in [1.82, 2.24) is 14.1 Å². The molecule has 5 rings (SSSR count). The highest BCUT2D eigenvalue weighted by atomic mass is 16.4. The second-order valence-electron chi connectivity index (χ2n) is 10.4. The Kier molecular flexibility index (Phi) is 4.88. The van der Waals surface area contributed by atoms with E-state index >= 15 is 0 Å². The molecule has 166 valence electrons. The molecule has 0 radical (unpaired) electrons. The topological polar surface area (TPSA) is 60.0 Å². The second-order valence-corrected chi connectivity index (χ2v) is 10.4. The summed E-state index contributed by atoms with van der Waals surface area (Å²) in [5.41, 5.74) is 4.84. The highest BCUT2D eigenvalue weighted by Crippen LogP contribution is 2.45. The van der Waals surface area contributed by atoms with Gasteiger partial charge in [-0.05, 0) is 60.4 Å². The lowest BCUT2D eigenvalue weighted by molar-refractivity contribution is 0.0697. The quantitative estimate of drug-likeness (QED) is 0.420. The van der Waals surface area contributed by atoms with Crippen LogP contribution in [0.3, 0.4) is 0 Å². The van der Waals surface area contributed by atoms with Crippen LogP contribution in [-0.2, 0) is 13.5 Å². The summed E-state index contributed by atoms with van der Waals surface area (Å²) in [7, 11) is 2.08. The number of aromatic carboxylic acids is 1. The monoisotopic (exact) mass is 429 g/mol. The zero-order valence-electron chi connectivity index (χ0n) is 19.3. The maximum atomic E-state index is 11.6. The lowest BCUT2D eigenvalue weighted by atomic mass is 9.70. The molecule has 0 bridgehead atoms. The third-order valence-electron chi connectivity index (χ3n) is 7.07. The molecule has 2 heterocycles. The van der Waals surface area contributed by atoms with Gasteiger partial charge in [-0.3, -0.25) is 0 Å². The summed E-state index contributed by atoms with van der Waals surface area (Å²) < 4.78 is 4.59. The van der Waals surface area contributed by atoms with Gasteiger partial charge in [0.1, 0.15) is 5.82 Å². The zero-order valence-corrected chi connectivity index (χ0v) is 19.3. The highest BCUT2D eigenvalue weighted by Gasteiger charge is 2.34. The van der Waals surface area contributed by atoms with Gasteiger partial charge in [0.05, 0.1) is 16.6 Å². The fourth-order valence-corrected chi connectivity index (χ4v) is 6.04. The number of aromatic nitrogens is 3. The van der Waals surface area contributed by atoms with E-state index in [4.69, 9.17) is 4.98 Å². The van der Waals surface area contributed by atoms with Crippen LogP contribution in [0.25, 0.3) is 21.9 Å². The van der Waals surface area contributed by atoms with E-state index in [9.17, 15) is 9.90 Å². The van der Waals surface area contributed by atoms with Gasteiger partial charge < -0.3 is 14.2 Å². The molecule has 2 aromatic carbocycles. The first-order valence-corrected chi connectivity index (χ1v) is 11.5. The van der Waals surface area contributed by atoms with Gasteiger partial charge in [-0.15, -0.1) is 0 Å². The number of hydrogen-bond acceptors (Lipinski definition) is 2. The lowest BCUT2D eigenvalue weighted by Crippen LogP contribution is -2.30. The van der Waals surface area contributed by atoms with Gasteiger partial charge in [0.25, 0.3) is 0 Å². The minimum Gasteiger partial charge on any atom is -0.478 e. The summed E-state index contributed by atoms with van der Waals surface area (Å²) in [6.07, 6.45) is 6.39. The molecule has 1 saturated carbocycles. The predicted molar refractivity (Wildman–Crippen MR) is 128 cm³/mol. The van der Waals surface area contributed by atoms with Crippen molar-refractivity contribution in [2.24, 2.45) is 18.4 Å². The molecule has 0 aliphatic heterocycles. The van der Waals surface area contributed by atoms with Gasteiger partial charge in [-0.1, -0.05) is 39.0 Å². The van der Waals surface area contributed by atoms with Crippen LogP contribution < -0.4 is 0 Å². The van der Waals surface area contributed by atoms with Crippen LogP contribution in [0.2, 0.25) is 0 Å². The lowest BCUT2D eigenvalue weighted by Gasteiger charge is -2.40. The molecular formula is C27H31N3O2. The summed E-state index contributed by atoms with van der Waals surface area (Å²) in [6, 6.07) is 14.2. The van der Waals surface area contributed by atoms with Crippen molar-refractivity contribution in [2.45, 2.75) is 52.5 Å². The first kappa shape index (κ1) is 20.8. The van der Waals surface area contributed by atoms with Gasteiger partial charge in [0.2, 0.25) is 0 Å². The Morgan fingerprint density at radius 3 is 2.69 bits per heavy atom. The van der Waals surface area contributed by atoms with Crippen LogP contribution >= 0.6 is 0 Å². The number of para-hydroxylation sites is 1. The standard InChI is InChI=1S/C27H31N3O2/c1-17-11-20(15-27(2,3)14-17)30-24-10-9-18(26(31)32)12-22(24)28-25(30)13-19-16-29(4)23-8-6-5-7-21(19)23/h5-10,12,16-17,20H,11,13-15H2,1-4H3,(H,31,32). The molecule has 2 atom stereocenters. The first-order valence-electron chi connectivity index (χ1n) is 11.5. The molecule has 0 amide bonds. The van der Waals surface area contributed by atoms with Gasteiger partial charge >= 0.3 is 5.97 Å². The molecule has 1 N–H and O–H groups in total. The largest absolute Gasteiger partial charge is 0.478 e. The minimum absolute atomic E-state index is 0.274. The third-order valence-corrected chi connectivity index (χ3v) is 7.07. The fourth-order valence-electron chi connectivity index (χ4n) is 6.04. The normalized spacial score (nSPS) is 20.8. The number of imidazole rings is 1. The zero-order chi connectivity index (χ0) is 22.6. The smallest absolute Gasteiger partial charge is 0.335 e. The van der Waals surface area contributed by atoms with E-state index in [-0.39, 0.29) is 11.0 Å². The number of carboxylic acid groups (broad SMARTS) is 1. The Hall–Kier alpha value is -3.08. The van der Waals surface area contributed by atoms with Crippen molar-refractivity contribution in [3.63, 3.8) is 0 Å². The molecule has 1 aliphatic carbocycles. The van der Waals surface area contributed by atoms with E-state index in [1.54, 1.807) is 12.1 Å². The maximum Gasteiger partial charge on any atom is 0.335 e. The van der Waals surface area contributed by atoms with Crippen molar-refractivity contribution >= 4 is 27.9 Å². The summed E-state index contributed by atoms with van der Waals surface area (Å²) in [5.74, 6) is 0.753. The van der Waals surface area contributed by atoms with Crippen LogP contribution in [0.5, 0.6) is 0 Å². The molecule has 4 aromatic rings. The number of carboxylic acids is 1. The SMILES string of the molecule is CC1CC(n2c(Cc3cn(C)c4ccccc34)nc3cc(C(=O)O)ccc32)CC(C)(C)C1. The average Bonchev–Trinajstić information content (AvgIpc) is 3.23. The van der Waals surface area contributed by atoms with Crippen LogP contribution in [0.4, 0.5) is 0 Å². The molecule has 5 nitrogen and oxygen atoms in total. The Morgan fingerprint density at radius 1 is 1.16 bits per heavy atom. The number of hydrogen-bond donors (Lipinski definition) is 1. The highest BCUT2D eigenvalue weighted by molar-refractivity contribution is 5.92. The van der Waals surface area contributed by atoms with E-state index in [0.29, 0.717) is 12.0 Å². The van der Waals surface area contributed by atoms with Crippen molar-refractivity contribution in [3.05, 3.63) is 65.6 Å². The number of fused-ring (bicyclic) bond motifs is 2. The number of aryl methyl sites for hydroxylation is 1. The molecule has 0 spiro atoms. The minimum atomic E-state index is -0.913. The van der Waals surface area contributed by atoms with E-state index in [0.717, 1.165) is 36.1 Å². The van der Waals surface area contributed by atoms with Crippen molar-refractivity contribution in [2.75, 3.05) is 0 Å². The number of nitrogens with zero attached hydrogens (tertiary/aromatic N) is 3. The van der Waals surface area contributed by atoms with E-state index in [2.05, 4.69) is 67.4 Å². The van der Waals surface area contributed by atoms with Crippen molar-refractivity contribution < 1.29 is 9.90 Å². The molecule has 2 unspecified atom stereocenters. The van der Waals surface area contributed by atoms with Gasteiger partial charge in [0, 0.05) is 36.6 Å². The molecule has 1 aliphatic rings. The molecule has 0 saturated heterocycles. The fraction of sp³-hybridized carbons (Fsp3) is 0.407. The Bertz CT molecular complexity index is 1330. The third kappa shape index (κ3) is 3.60. The van der Waals surface area contributed by atoms with Crippen LogP contribution in [-0.4, -0.2) is 25.2 Å². The van der Waals surface area contributed by atoms with Crippen LogP contribution in [0, 0.1) is 11.3 Å². The van der Waals surface area contributed by atoms with Gasteiger partial charge in [-0.25, -0.2) is 9.78 Å². The molecule has 2 aromatic heterocycles. The van der Waals surface area contributed by atoms with Crippen LogP contribution in [0.15, 0.2) is 48.7 Å². The van der Waals surface area contributed by atoms with Gasteiger partial charge in [0.15, 0.2) is 0 Å². The summed E-state index contributed by atoms with van der Waals surface area (Å²) in [4.78, 5) is 16.6. The summed E-state index contributed by atoms with van der Waals surface area (Å²) in [5, 5.41) is 10.7. The summed E-state index contributed by atoms with van der Waals surface area (Å²) in [6.45, 7) is 7.07. The first-order chi connectivity index (χ1) is 15.2. The predicted octanol–water partition coefficient (Wildman–Crippen LogP) is 6.20. The van der Waals surface area contributed by atoms with Crippen molar-refractivity contribution in [3.8, 4) is 0 Å².